The van der Waals surface area contributed by atoms with Crippen LogP contribution < -0.4 is 4.74 Å². The predicted molar refractivity (Wildman–Crippen MR) is 91.5 cm³/mol. The van der Waals surface area contributed by atoms with Gasteiger partial charge in [0.05, 0.1) is 25.2 Å². The van der Waals surface area contributed by atoms with Crippen LogP contribution in [0.4, 0.5) is 0 Å². The molecule has 0 radical (unpaired) electrons. The van der Waals surface area contributed by atoms with Crippen LogP contribution in [0.3, 0.4) is 0 Å². The van der Waals surface area contributed by atoms with Gasteiger partial charge < -0.3 is 9.47 Å². The maximum Gasteiger partial charge on any atom is 0.311 e. The molecular formula is C20H26O4. The highest BCUT2D eigenvalue weighted by Gasteiger charge is 2.55. The zero-order chi connectivity index (χ0) is 17.5. The van der Waals surface area contributed by atoms with Crippen molar-refractivity contribution in [3.05, 3.63) is 28.8 Å². The van der Waals surface area contributed by atoms with Gasteiger partial charge in [-0.2, -0.15) is 0 Å². The van der Waals surface area contributed by atoms with Gasteiger partial charge in [0.2, 0.25) is 0 Å². The van der Waals surface area contributed by atoms with Crippen LogP contribution in [0.2, 0.25) is 0 Å². The van der Waals surface area contributed by atoms with Gasteiger partial charge in [0.15, 0.2) is 6.29 Å². The molecule has 0 bridgehead atoms. The number of hydrogen-bond donors (Lipinski definition) is 0. The van der Waals surface area contributed by atoms with Crippen molar-refractivity contribution in [2.24, 2.45) is 11.3 Å². The molecule has 0 N–H and O–H groups in total. The van der Waals surface area contributed by atoms with E-state index in [4.69, 9.17) is 9.47 Å². The fourth-order valence-electron chi connectivity index (χ4n) is 5.26. The fraction of sp³-hybridized carbons (Fsp3) is 0.600. The molecule has 0 heterocycles. The Labute approximate surface area is 143 Å². The summed E-state index contributed by atoms with van der Waals surface area (Å²) in [7, 11) is 3.08. The molecule has 130 valence electrons. The second kappa shape index (κ2) is 5.91. The van der Waals surface area contributed by atoms with Gasteiger partial charge in [-0.15, -0.1) is 0 Å². The van der Waals surface area contributed by atoms with Crippen molar-refractivity contribution < 1.29 is 19.1 Å². The molecule has 1 unspecified atom stereocenters. The largest absolute Gasteiger partial charge is 0.496 e. The van der Waals surface area contributed by atoms with Gasteiger partial charge in [-0.1, -0.05) is 13.3 Å². The lowest BCUT2D eigenvalue weighted by Gasteiger charge is -2.54. The van der Waals surface area contributed by atoms with Gasteiger partial charge in [0.25, 0.3) is 0 Å². The summed E-state index contributed by atoms with van der Waals surface area (Å²) < 4.78 is 10.6. The van der Waals surface area contributed by atoms with E-state index >= 15 is 0 Å². The lowest BCUT2D eigenvalue weighted by molar-refractivity contribution is -0.161. The molecule has 24 heavy (non-hydrogen) atoms. The number of rotatable bonds is 3. The molecule has 0 amide bonds. The van der Waals surface area contributed by atoms with E-state index in [0.717, 1.165) is 38.4 Å². The molecular weight excluding hydrogens is 304 g/mol. The zero-order valence-corrected chi connectivity index (χ0v) is 15.0. The zero-order valence-electron chi connectivity index (χ0n) is 15.0. The highest BCUT2D eigenvalue weighted by atomic mass is 16.5. The lowest BCUT2D eigenvalue weighted by atomic mass is 9.49. The number of ether oxygens (including phenoxy) is 2. The molecule has 1 aromatic rings. The molecule has 0 aromatic heterocycles. The Morgan fingerprint density at radius 3 is 2.62 bits per heavy atom. The summed E-state index contributed by atoms with van der Waals surface area (Å²) in [6, 6.07) is 3.99. The third-order valence-electron chi connectivity index (χ3n) is 6.48. The van der Waals surface area contributed by atoms with Crippen LogP contribution in [-0.4, -0.2) is 26.5 Å². The van der Waals surface area contributed by atoms with E-state index < -0.39 is 5.41 Å². The Kier molecular flexibility index (Phi) is 4.18. The van der Waals surface area contributed by atoms with Crippen LogP contribution in [0, 0.1) is 11.3 Å². The predicted octanol–water partition coefficient (Wildman–Crippen LogP) is 3.69. The maximum absolute atomic E-state index is 12.5. The molecule has 2 aliphatic carbocycles. The fourth-order valence-corrected chi connectivity index (χ4v) is 5.26. The Hall–Kier alpha value is -1.84. The normalized spacial score (nSPS) is 31.6. The third kappa shape index (κ3) is 2.27. The van der Waals surface area contributed by atoms with E-state index in [0.29, 0.717) is 11.3 Å². The summed E-state index contributed by atoms with van der Waals surface area (Å²) in [6.07, 6.45) is 5.59. The van der Waals surface area contributed by atoms with Gasteiger partial charge in [-0.05, 0) is 67.2 Å². The first-order chi connectivity index (χ1) is 11.4. The van der Waals surface area contributed by atoms with Crippen LogP contribution in [0.5, 0.6) is 5.75 Å². The van der Waals surface area contributed by atoms with Crippen LogP contribution in [0.15, 0.2) is 12.1 Å². The molecule has 1 aromatic carbocycles. The van der Waals surface area contributed by atoms with Crippen molar-refractivity contribution in [1.29, 1.82) is 0 Å². The number of esters is 1. The molecule has 4 heteroatoms. The van der Waals surface area contributed by atoms with Crippen LogP contribution in [0.25, 0.3) is 0 Å². The molecule has 0 aliphatic heterocycles. The summed E-state index contributed by atoms with van der Waals surface area (Å²) in [5.74, 6) is 0.764. The quantitative estimate of drug-likeness (QED) is 0.626. The third-order valence-corrected chi connectivity index (χ3v) is 6.48. The molecule has 0 spiro atoms. The van der Waals surface area contributed by atoms with Crippen molar-refractivity contribution in [1.82, 2.24) is 0 Å². The van der Waals surface area contributed by atoms with Crippen LogP contribution >= 0.6 is 0 Å². The second-order valence-electron chi connectivity index (χ2n) is 7.64. The number of fused-ring (bicyclic) bond motifs is 3. The van der Waals surface area contributed by atoms with E-state index in [9.17, 15) is 9.59 Å². The van der Waals surface area contributed by atoms with Crippen molar-refractivity contribution in [3.8, 4) is 5.75 Å². The highest BCUT2D eigenvalue weighted by molar-refractivity contribution is 5.81. The number of hydrogen-bond acceptors (Lipinski definition) is 4. The first kappa shape index (κ1) is 17.0. The molecule has 1 saturated carbocycles. The second-order valence-corrected chi connectivity index (χ2v) is 7.64. The highest BCUT2D eigenvalue weighted by Crippen LogP contribution is 2.58. The van der Waals surface area contributed by atoms with E-state index in [1.54, 1.807) is 7.11 Å². The standard InChI is InChI=1S/C20H26O4/c1-19-8-5-9-20(2,18(22)24-4)17(19)7-6-13-10-14(12-21)16(23-3)11-15(13)19/h10-12,17H,5-9H2,1-4H3/t17?,19-,20+/m1/s1. The summed E-state index contributed by atoms with van der Waals surface area (Å²) >= 11 is 0. The van der Waals surface area contributed by atoms with E-state index in [-0.39, 0.29) is 17.3 Å². The number of aldehydes is 1. The van der Waals surface area contributed by atoms with Gasteiger partial charge in [0.1, 0.15) is 5.75 Å². The Morgan fingerprint density at radius 2 is 2.00 bits per heavy atom. The number of carbonyl (C=O) groups is 2. The van der Waals surface area contributed by atoms with Gasteiger partial charge in [-0.3, -0.25) is 9.59 Å². The average Bonchev–Trinajstić information content (AvgIpc) is 2.59. The minimum atomic E-state index is -0.448. The first-order valence-electron chi connectivity index (χ1n) is 8.65. The monoisotopic (exact) mass is 330 g/mol. The number of carbonyl (C=O) groups excluding carboxylic acids is 2. The van der Waals surface area contributed by atoms with Crippen LogP contribution in [-0.2, 0) is 21.4 Å². The van der Waals surface area contributed by atoms with E-state index in [1.807, 2.05) is 12.1 Å². The van der Waals surface area contributed by atoms with Gasteiger partial charge in [0, 0.05) is 0 Å². The Balaban J connectivity index is 2.13. The maximum atomic E-state index is 12.5. The number of methoxy groups -OCH3 is 2. The molecule has 3 rings (SSSR count). The molecule has 1 fully saturated rings. The van der Waals surface area contributed by atoms with Crippen molar-refractivity contribution >= 4 is 12.3 Å². The Morgan fingerprint density at radius 1 is 1.25 bits per heavy atom. The van der Waals surface area contributed by atoms with E-state index in [2.05, 4.69) is 13.8 Å². The van der Waals surface area contributed by atoms with Crippen molar-refractivity contribution in [3.63, 3.8) is 0 Å². The minimum Gasteiger partial charge on any atom is -0.496 e. The van der Waals surface area contributed by atoms with Gasteiger partial charge >= 0.3 is 5.97 Å². The summed E-state index contributed by atoms with van der Waals surface area (Å²) in [6.45, 7) is 4.32. The first-order valence-corrected chi connectivity index (χ1v) is 8.65. The minimum absolute atomic E-state index is 0.0938. The molecule has 2 aliphatic rings. The van der Waals surface area contributed by atoms with Gasteiger partial charge in [-0.25, -0.2) is 0 Å². The topological polar surface area (TPSA) is 52.6 Å². The molecule has 0 saturated heterocycles. The van der Waals surface area contributed by atoms with Crippen LogP contribution in [0.1, 0.15) is 61.0 Å². The number of aryl methyl sites for hydroxylation is 1. The smallest absolute Gasteiger partial charge is 0.311 e. The molecule has 3 atom stereocenters. The van der Waals surface area contributed by atoms with E-state index in [1.165, 1.54) is 18.2 Å². The Bertz CT molecular complexity index is 680. The van der Waals surface area contributed by atoms with Crippen molar-refractivity contribution in [2.45, 2.75) is 51.4 Å². The number of benzene rings is 1. The molecule has 4 nitrogen and oxygen atoms in total. The summed E-state index contributed by atoms with van der Waals surface area (Å²) in [5, 5.41) is 0. The summed E-state index contributed by atoms with van der Waals surface area (Å²) in [4.78, 5) is 23.9. The summed E-state index contributed by atoms with van der Waals surface area (Å²) in [5.41, 5.74) is 2.51. The lowest BCUT2D eigenvalue weighted by Crippen LogP contribution is -2.52. The van der Waals surface area contributed by atoms with Crippen molar-refractivity contribution in [2.75, 3.05) is 14.2 Å². The average molecular weight is 330 g/mol. The SMILES string of the molecule is COC(=O)[C@@]1(C)CCC[C@]2(C)c3cc(OC)c(C=O)cc3CCC12.